The second kappa shape index (κ2) is 10.5. The van der Waals surface area contributed by atoms with Gasteiger partial charge in [-0.2, -0.15) is 0 Å². The molecule has 1 aliphatic rings. The Hall–Kier alpha value is -4.66. The molecule has 1 N–H and O–H groups in total. The van der Waals surface area contributed by atoms with Gasteiger partial charge in [0.15, 0.2) is 0 Å². The summed E-state index contributed by atoms with van der Waals surface area (Å²) in [5, 5.41) is 22.5. The van der Waals surface area contributed by atoms with Gasteiger partial charge in [-0.3, -0.25) is 24.6 Å². The van der Waals surface area contributed by atoms with Gasteiger partial charge in [-0.25, -0.2) is 0 Å². The topological polar surface area (TPSA) is 119 Å². The fraction of sp³-hybridized carbons (Fsp3) is 0.214. The van der Waals surface area contributed by atoms with Gasteiger partial charge in [0.05, 0.1) is 30.3 Å². The number of carbonyl (C=O) groups excluding carboxylic acids is 2. The number of hydrogen-bond donors (Lipinski definition) is 1. The number of aliphatic hydroxyl groups excluding tert-OH is 1. The van der Waals surface area contributed by atoms with Crippen molar-refractivity contribution in [1.29, 1.82) is 0 Å². The molecule has 4 rings (SSSR count). The zero-order chi connectivity index (χ0) is 26.7. The predicted octanol–water partition coefficient (Wildman–Crippen LogP) is 5.26. The summed E-state index contributed by atoms with van der Waals surface area (Å²) in [6.45, 7) is 4.59. The molecule has 0 radical (unpaired) electrons. The van der Waals surface area contributed by atoms with E-state index >= 15 is 0 Å². The summed E-state index contributed by atoms with van der Waals surface area (Å²) >= 11 is 0. The summed E-state index contributed by atoms with van der Waals surface area (Å²) < 4.78 is 11.1. The van der Waals surface area contributed by atoms with Gasteiger partial charge in [-0.05, 0) is 47.9 Å². The number of non-ortho nitro benzene ring substituents is 1. The van der Waals surface area contributed by atoms with Crippen molar-refractivity contribution < 1.29 is 29.1 Å². The van der Waals surface area contributed by atoms with Crippen molar-refractivity contribution in [2.45, 2.75) is 19.9 Å². The molecule has 190 valence electrons. The molecule has 0 spiro atoms. The summed E-state index contributed by atoms with van der Waals surface area (Å²) in [5.41, 5.74) is 0.556. The molecule has 37 heavy (non-hydrogen) atoms. The molecule has 1 amide bonds. The van der Waals surface area contributed by atoms with Crippen LogP contribution in [0.2, 0.25) is 0 Å². The molecule has 3 aromatic rings. The van der Waals surface area contributed by atoms with Crippen LogP contribution in [-0.2, 0) is 9.59 Å². The Kier molecular flexibility index (Phi) is 7.24. The first kappa shape index (κ1) is 25.4. The fourth-order valence-electron chi connectivity index (χ4n) is 4.11. The van der Waals surface area contributed by atoms with Crippen molar-refractivity contribution in [2.75, 3.05) is 18.6 Å². The molecule has 0 bridgehead atoms. The van der Waals surface area contributed by atoms with Crippen molar-refractivity contribution in [1.82, 2.24) is 0 Å². The minimum Gasteiger partial charge on any atom is -0.507 e. The third-order valence-electron chi connectivity index (χ3n) is 5.88. The van der Waals surface area contributed by atoms with Crippen LogP contribution in [0.15, 0.2) is 78.4 Å². The zero-order valence-electron chi connectivity index (χ0n) is 20.6. The SMILES string of the molecule is COc1cccc(C2/C(=C(/O)c3cccc([N+](=O)[O-])c3)C(=O)C(=O)N2c2ccc(OCC(C)C)cc2)c1. The van der Waals surface area contributed by atoms with Gasteiger partial charge in [0.2, 0.25) is 0 Å². The number of rotatable bonds is 8. The number of amides is 1. The Balaban J connectivity index is 1.86. The Morgan fingerprint density at radius 2 is 1.73 bits per heavy atom. The highest BCUT2D eigenvalue weighted by Crippen LogP contribution is 2.43. The van der Waals surface area contributed by atoms with Gasteiger partial charge in [0.1, 0.15) is 17.3 Å². The Labute approximate surface area is 213 Å². The van der Waals surface area contributed by atoms with Crippen LogP contribution in [0.25, 0.3) is 5.76 Å². The van der Waals surface area contributed by atoms with Gasteiger partial charge < -0.3 is 14.6 Å². The minimum absolute atomic E-state index is 0.0533. The van der Waals surface area contributed by atoms with Crippen molar-refractivity contribution in [3.8, 4) is 11.5 Å². The number of nitrogens with zero attached hydrogens (tertiary/aromatic N) is 2. The largest absolute Gasteiger partial charge is 0.507 e. The maximum atomic E-state index is 13.3. The molecular formula is C28H26N2O7. The maximum absolute atomic E-state index is 13.3. The average molecular weight is 503 g/mol. The molecule has 9 heteroatoms. The number of hydrogen-bond acceptors (Lipinski definition) is 7. The molecule has 1 atom stereocenters. The number of methoxy groups -OCH3 is 1. The lowest BCUT2D eigenvalue weighted by atomic mass is 9.95. The molecule has 1 heterocycles. The molecule has 0 saturated carbocycles. The van der Waals surface area contributed by atoms with E-state index in [1.807, 2.05) is 13.8 Å². The second-order valence-electron chi connectivity index (χ2n) is 8.95. The smallest absolute Gasteiger partial charge is 0.300 e. The Morgan fingerprint density at radius 3 is 2.38 bits per heavy atom. The number of nitro groups is 1. The Morgan fingerprint density at radius 1 is 1.03 bits per heavy atom. The lowest BCUT2D eigenvalue weighted by Gasteiger charge is -2.26. The summed E-state index contributed by atoms with van der Waals surface area (Å²) in [6.07, 6.45) is 0. The number of nitro benzene ring substituents is 1. The molecular weight excluding hydrogens is 476 g/mol. The van der Waals surface area contributed by atoms with Crippen LogP contribution in [-0.4, -0.2) is 35.4 Å². The molecule has 9 nitrogen and oxygen atoms in total. The van der Waals surface area contributed by atoms with Crippen molar-refractivity contribution in [3.63, 3.8) is 0 Å². The summed E-state index contributed by atoms with van der Waals surface area (Å²) in [5.74, 6) is -0.805. The van der Waals surface area contributed by atoms with Gasteiger partial charge in [-0.15, -0.1) is 0 Å². The molecule has 0 aliphatic carbocycles. The van der Waals surface area contributed by atoms with E-state index in [0.29, 0.717) is 35.3 Å². The number of benzene rings is 3. The highest BCUT2D eigenvalue weighted by Gasteiger charge is 2.47. The highest BCUT2D eigenvalue weighted by atomic mass is 16.6. The van der Waals surface area contributed by atoms with E-state index in [2.05, 4.69) is 0 Å². The first-order chi connectivity index (χ1) is 17.7. The molecule has 1 fully saturated rings. The van der Waals surface area contributed by atoms with Crippen molar-refractivity contribution in [3.05, 3.63) is 99.6 Å². The van der Waals surface area contributed by atoms with Gasteiger partial charge in [0, 0.05) is 23.4 Å². The lowest BCUT2D eigenvalue weighted by Crippen LogP contribution is -2.29. The van der Waals surface area contributed by atoms with Crippen LogP contribution in [0.1, 0.15) is 31.0 Å². The molecule has 1 unspecified atom stereocenters. The van der Waals surface area contributed by atoms with E-state index in [4.69, 9.17) is 9.47 Å². The summed E-state index contributed by atoms with van der Waals surface area (Å²) in [7, 11) is 1.50. The normalized spacial score (nSPS) is 16.8. The summed E-state index contributed by atoms with van der Waals surface area (Å²) in [4.78, 5) is 38.6. The molecule has 1 saturated heterocycles. The van der Waals surface area contributed by atoms with Crippen LogP contribution in [0.4, 0.5) is 11.4 Å². The fourth-order valence-corrected chi connectivity index (χ4v) is 4.11. The number of ether oxygens (including phenoxy) is 2. The maximum Gasteiger partial charge on any atom is 0.300 e. The van der Waals surface area contributed by atoms with E-state index in [1.54, 1.807) is 48.5 Å². The van der Waals surface area contributed by atoms with E-state index in [1.165, 1.54) is 30.2 Å². The van der Waals surface area contributed by atoms with Crippen molar-refractivity contribution >= 4 is 28.8 Å². The highest BCUT2D eigenvalue weighted by molar-refractivity contribution is 6.51. The number of carbonyl (C=O) groups is 2. The quantitative estimate of drug-likeness (QED) is 0.147. The second-order valence-corrected chi connectivity index (χ2v) is 8.95. The van der Waals surface area contributed by atoms with E-state index in [9.17, 15) is 24.8 Å². The zero-order valence-corrected chi connectivity index (χ0v) is 20.6. The van der Waals surface area contributed by atoms with Crippen LogP contribution < -0.4 is 14.4 Å². The van der Waals surface area contributed by atoms with Crippen LogP contribution in [0.5, 0.6) is 11.5 Å². The number of aliphatic hydroxyl groups is 1. The molecule has 1 aliphatic heterocycles. The number of anilines is 1. The Bertz CT molecular complexity index is 1380. The standard InChI is InChI=1S/C28H26N2O7/c1-17(2)16-37-22-12-10-20(11-13-22)29-25(18-6-5-9-23(15-18)36-3)24(27(32)28(29)33)26(31)19-7-4-8-21(14-19)30(34)35/h4-15,17,25,31H,16H2,1-3H3/b26-24-. The van der Waals surface area contributed by atoms with Gasteiger partial charge in [-0.1, -0.05) is 38.1 Å². The molecule has 0 aromatic heterocycles. The average Bonchev–Trinajstić information content (AvgIpc) is 3.17. The minimum atomic E-state index is -1.00. The van der Waals surface area contributed by atoms with E-state index in [-0.39, 0.29) is 16.8 Å². The number of Topliss-reactive ketones (excluding diaryl/α,β-unsaturated/α-hetero) is 1. The van der Waals surface area contributed by atoms with Crippen LogP contribution in [0.3, 0.4) is 0 Å². The number of ketones is 1. The van der Waals surface area contributed by atoms with Gasteiger partial charge in [0.25, 0.3) is 17.4 Å². The predicted molar refractivity (Wildman–Crippen MR) is 138 cm³/mol. The van der Waals surface area contributed by atoms with Gasteiger partial charge >= 0.3 is 0 Å². The lowest BCUT2D eigenvalue weighted by molar-refractivity contribution is -0.384. The third-order valence-corrected chi connectivity index (χ3v) is 5.88. The monoisotopic (exact) mass is 502 g/mol. The van der Waals surface area contributed by atoms with Crippen LogP contribution in [0, 0.1) is 16.0 Å². The first-order valence-electron chi connectivity index (χ1n) is 11.6. The van der Waals surface area contributed by atoms with Crippen molar-refractivity contribution in [2.24, 2.45) is 5.92 Å². The van der Waals surface area contributed by atoms with Crippen LogP contribution >= 0.6 is 0 Å². The third kappa shape index (κ3) is 5.16. The van der Waals surface area contributed by atoms with E-state index < -0.39 is 28.4 Å². The summed E-state index contributed by atoms with van der Waals surface area (Å²) in [6, 6.07) is 17.8. The first-order valence-corrected chi connectivity index (χ1v) is 11.6. The molecule has 3 aromatic carbocycles. The van der Waals surface area contributed by atoms with E-state index in [0.717, 1.165) is 6.07 Å².